The van der Waals surface area contributed by atoms with E-state index in [1.54, 1.807) is 6.92 Å². The van der Waals surface area contributed by atoms with Crippen LogP contribution < -0.4 is 5.32 Å². The number of Topliss-reactive ketones (excluding diaryl/α,β-unsaturated/α-hetero) is 1. The Bertz CT molecular complexity index is 808. The predicted octanol–water partition coefficient (Wildman–Crippen LogP) is 2.23. The molecule has 0 spiro atoms. The molecule has 8 heteroatoms. The fraction of sp³-hybridized carbons (Fsp3) is 0.571. The molecule has 3 rings (SSSR count). The number of rotatable bonds is 7. The van der Waals surface area contributed by atoms with Crippen LogP contribution >= 0.6 is 0 Å². The van der Waals surface area contributed by atoms with Gasteiger partial charge in [0.2, 0.25) is 6.54 Å². The van der Waals surface area contributed by atoms with E-state index < -0.39 is 35.2 Å². The zero-order valence-corrected chi connectivity index (χ0v) is 16.5. The number of hydrogen-bond donors (Lipinski definition) is 1. The maximum absolute atomic E-state index is 12.2. The number of ketones is 1. The lowest BCUT2D eigenvalue weighted by atomic mass is 9.88. The number of nitrogens with one attached hydrogen (secondary N) is 1. The SMILES string of the molecule is C[C@H]1CC(=O)[C@@H](CC(=O)OCC(=O)N[C@@H]2CCCc3ccccc32)[C@@H]1C[N+](=O)[O-]. The second-order valence-electron chi connectivity index (χ2n) is 8.01. The van der Waals surface area contributed by atoms with E-state index in [4.69, 9.17) is 4.74 Å². The summed E-state index contributed by atoms with van der Waals surface area (Å²) in [5, 5.41) is 13.8. The molecular weight excluding hydrogens is 376 g/mol. The number of amides is 1. The molecule has 0 unspecified atom stereocenters. The minimum atomic E-state index is -0.712. The van der Waals surface area contributed by atoms with Crippen LogP contribution in [-0.2, 0) is 25.5 Å². The van der Waals surface area contributed by atoms with E-state index in [0.29, 0.717) is 0 Å². The Morgan fingerprint density at radius 3 is 2.83 bits per heavy atom. The third kappa shape index (κ3) is 5.19. The van der Waals surface area contributed by atoms with Gasteiger partial charge >= 0.3 is 5.97 Å². The normalized spacial score (nSPS) is 25.9. The van der Waals surface area contributed by atoms with E-state index in [0.717, 1.165) is 24.8 Å². The molecule has 1 saturated carbocycles. The van der Waals surface area contributed by atoms with Crippen LogP contribution in [0.5, 0.6) is 0 Å². The second-order valence-corrected chi connectivity index (χ2v) is 8.01. The predicted molar refractivity (Wildman–Crippen MR) is 103 cm³/mol. The van der Waals surface area contributed by atoms with Crippen molar-refractivity contribution < 1.29 is 24.0 Å². The third-order valence-corrected chi connectivity index (χ3v) is 6.00. The van der Waals surface area contributed by atoms with Gasteiger partial charge in [0.1, 0.15) is 5.78 Å². The number of carbonyl (C=O) groups is 3. The average Bonchev–Trinajstić information content (AvgIpc) is 2.93. The molecule has 0 saturated heterocycles. The molecule has 1 amide bonds. The van der Waals surface area contributed by atoms with Crippen LogP contribution in [0.1, 0.15) is 49.8 Å². The van der Waals surface area contributed by atoms with E-state index >= 15 is 0 Å². The van der Waals surface area contributed by atoms with Crippen LogP contribution in [0.2, 0.25) is 0 Å². The molecule has 8 nitrogen and oxygen atoms in total. The highest BCUT2D eigenvalue weighted by molar-refractivity contribution is 5.88. The summed E-state index contributed by atoms with van der Waals surface area (Å²) in [5.41, 5.74) is 2.30. The topological polar surface area (TPSA) is 116 Å². The molecule has 0 aliphatic heterocycles. The van der Waals surface area contributed by atoms with E-state index in [1.807, 2.05) is 18.2 Å². The molecule has 0 aromatic heterocycles. The van der Waals surface area contributed by atoms with E-state index in [-0.39, 0.29) is 37.1 Å². The molecule has 29 heavy (non-hydrogen) atoms. The molecule has 0 bridgehead atoms. The fourth-order valence-electron chi connectivity index (χ4n) is 4.52. The maximum atomic E-state index is 12.2. The van der Waals surface area contributed by atoms with Gasteiger partial charge in [0.25, 0.3) is 5.91 Å². The van der Waals surface area contributed by atoms with Crippen molar-refractivity contribution in [3.8, 4) is 0 Å². The Morgan fingerprint density at radius 2 is 2.07 bits per heavy atom. The Labute approximate surface area is 169 Å². The van der Waals surface area contributed by atoms with Crippen molar-refractivity contribution in [1.82, 2.24) is 5.32 Å². The summed E-state index contributed by atoms with van der Waals surface area (Å²) in [5.74, 6) is -2.54. The van der Waals surface area contributed by atoms with Crippen LogP contribution in [0.25, 0.3) is 0 Å². The standard InChI is InChI=1S/C21H26N2O6/c1-13-9-19(24)16(17(13)11-23(27)28)10-21(26)29-12-20(25)22-18-8-4-6-14-5-2-3-7-15(14)18/h2-3,5,7,13,16-18H,4,6,8-12H2,1H3,(H,22,25)/t13-,16-,17+,18+/m0/s1. The lowest BCUT2D eigenvalue weighted by Crippen LogP contribution is -2.34. The van der Waals surface area contributed by atoms with Gasteiger partial charge in [0, 0.05) is 23.2 Å². The third-order valence-electron chi connectivity index (χ3n) is 6.00. The number of esters is 1. The van der Waals surface area contributed by atoms with Crippen molar-refractivity contribution >= 4 is 17.7 Å². The summed E-state index contributed by atoms with van der Waals surface area (Å²) in [4.78, 5) is 46.9. The van der Waals surface area contributed by atoms with Crippen LogP contribution in [0.15, 0.2) is 24.3 Å². The van der Waals surface area contributed by atoms with Crippen molar-refractivity contribution in [2.45, 2.75) is 45.1 Å². The maximum Gasteiger partial charge on any atom is 0.307 e. The first kappa shape index (κ1) is 21.0. The Morgan fingerprint density at radius 1 is 1.31 bits per heavy atom. The molecule has 2 aliphatic rings. The number of fused-ring (bicyclic) bond motifs is 1. The van der Waals surface area contributed by atoms with Gasteiger partial charge in [0.05, 0.1) is 12.5 Å². The van der Waals surface area contributed by atoms with Crippen LogP contribution in [0.4, 0.5) is 0 Å². The van der Waals surface area contributed by atoms with Gasteiger partial charge in [-0.3, -0.25) is 24.5 Å². The van der Waals surface area contributed by atoms with Crippen LogP contribution in [-0.4, -0.2) is 35.7 Å². The summed E-state index contributed by atoms with van der Waals surface area (Å²) in [6.07, 6.45) is 2.80. The number of benzene rings is 1. The number of hydrogen-bond acceptors (Lipinski definition) is 6. The van der Waals surface area contributed by atoms with Crippen LogP contribution in [0.3, 0.4) is 0 Å². The van der Waals surface area contributed by atoms with Crippen molar-refractivity contribution in [1.29, 1.82) is 0 Å². The molecule has 2 aliphatic carbocycles. The molecule has 156 valence electrons. The van der Waals surface area contributed by atoms with Gasteiger partial charge in [-0.05, 0) is 36.3 Å². The van der Waals surface area contributed by atoms with Gasteiger partial charge < -0.3 is 10.1 Å². The molecule has 1 aromatic carbocycles. The Balaban J connectivity index is 1.50. The number of nitrogens with zero attached hydrogens (tertiary/aromatic N) is 1. The monoisotopic (exact) mass is 402 g/mol. The lowest BCUT2D eigenvalue weighted by molar-refractivity contribution is -0.490. The number of carbonyl (C=O) groups excluding carboxylic acids is 3. The average molecular weight is 402 g/mol. The smallest absolute Gasteiger partial charge is 0.307 e. The fourth-order valence-corrected chi connectivity index (χ4v) is 4.52. The first-order valence-corrected chi connectivity index (χ1v) is 10.0. The van der Waals surface area contributed by atoms with E-state index in [9.17, 15) is 24.5 Å². The van der Waals surface area contributed by atoms with Crippen molar-refractivity contribution in [2.24, 2.45) is 17.8 Å². The van der Waals surface area contributed by atoms with Gasteiger partial charge in [-0.1, -0.05) is 31.2 Å². The number of aryl methyl sites for hydroxylation is 1. The molecule has 0 radical (unpaired) electrons. The molecule has 0 heterocycles. The van der Waals surface area contributed by atoms with Gasteiger partial charge in [-0.15, -0.1) is 0 Å². The van der Waals surface area contributed by atoms with Gasteiger partial charge in [-0.2, -0.15) is 0 Å². The lowest BCUT2D eigenvalue weighted by Gasteiger charge is -2.26. The summed E-state index contributed by atoms with van der Waals surface area (Å²) >= 11 is 0. The highest BCUT2D eigenvalue weighted by atomic mass is 16.6. The van der Waals surface area contributed by atoms with Crippen molar-refractivity contribution in [3.05, 3.63) is 45.5 Å². The Hall–Kier alpha value is -2.77. The zero-order chi connectivity index (χ0) is 21.0. The van der Waals surface area contributed by atoms with E-state index in [2.05, 4.69) is 11.4 Å². The quantitative estimate of drug-likeness (QED) is 0.425. The molecular formula is C21H26N2O6. The minimum Gasteiger partial charge on any atom is -0.456 e. The summed E-state index contributed by atoms with van der Waals surface area (Å²) in [6.45, 7) is 1.02. The summed E-state index contributed by atoms with van der Waals surface area (Å²) in [7, 11) is 0. The minimum absolute atomic E-state index is 0.104. The van der Waals surface area contributed by atoms with Gasteiger partial charge in [0.15, 0.2) is 6.61 Å². The first-order valence-electron chi connectivity index (χ1n) is 10.0. The highest BCUT2D eigenvalue weighted by Gasteiger charge is 2.44. The van der Waals surface area contributed by atoms with Crippen molar-refractivity contribution in [3.63, 3.8) is 0 Å². The molecule has 1 aromatic rings. The first-order chi connectivity index (χ1) is 13.8. The molecule has 4 atom stereocenters. The Kier molecular flexibility index (Phi) is 6.61. The summed E-state index contributed by atoms with van der Waals surface area (Å²) in [6, 6.07) is 7.85. The zero-order valence-electron chi connectivity index (χ0n) is 16.5. The summed E-state index contributed by atoms with van der Waals surface area (Å²) < 4.78 is 5.06. The number of nitro groups is 1. The number of ether oxygens (including phenoxy) is 1. The highest BCUT2D eigenvalue weighted by Crippen LogP contribution is 2.36. The van der Waals surface area contributed by atoms with Gasteiger partial charge in [-0.25, -0.2) is 0 Å². The molecule has 1 N–H and O–H groups in total. The second kappa shape index (κ2) is 9.15. The molecule has 1 fully saturated rings. The van der Waals surface area contributed by atoms with E-state index in [1.165, 1.54) is 5.56 Å². The van der Waals surface area contributed by atoms with Crippen LogP contribution in [0, 0.1) is 27.9 Å². The van der Waals surface area contributed by atoms with Crippen molar-refractivity contribution in [2.75, 3.05) is 13.2 Å². The largest absolute Gasteiger partial charge is 0.456 e.